The van der Waals surface area contributed by atoms with E-state index in [4.69, 9.17) is 23.2 Å². The molecule has 1 unspecified atom stereocenters. The summed E-state index contributed by atoms with van der Waals surface area (Å²) in [6.45, 7) is 1.77. The van der Waals surface area contributed by atoms with Crippen LogP contribution in [0.25, 0.3) is 0 Å². The molecule has 1 amide bonds. The van der Waals surface area contributed by atoms with Gasteiger partial charge in [0, 0.05) is 0 Å². The molecule has 0 aliphatic carbocycles. The summed E-state index contributed by atoms with van der Waals surface area (Å²) in [6, 6.07) is 12.5. The molecule has 98 valence electrons. The number of aryl methyl sites for hydroxylation is 1. The predicted molar refractivity (Wildman–Crippen MR) is 77.6 cm³/mol. The Morgan fingerprint density at radius 1 is 1.21 bits per heavy atom. The molecular formula is C14H12Cl2N2O. The van der Waals surface area contributed by atoms with Crippen LogP contribution in [-0.4, -0.2) is 10.9 Å². The van der Waals surface area contributed by atoms with E-state index in [-0.39, 0.29) is 5.91 Å². The smallest absolute Gasteiger partial charge is 0.247 e. The molecule has 0 spiro atoms. The zero-order valence-corrected chi connectivity index (χ0v) is 11.7. The first kappa shape index (κ1) is 13.8. The maximum atomic E-state index is 12.0. The van der Waals surface area contributed by atoms with Gasteiger partial charge in [-0.2, -0.15) is 0 Å². The minimum Gasteiger partial charge on any atom is -0.323 e. The fourth-order valence-electron chi connectivity index (χ4n) is 1.63. The van der Waals surface area contributed by atoms with Crippen molar-refractivity contribution in [3.05, 3.63) is 58.9 Å². The Morgan fingerprint density at radius 2 is 1.89 bits per heavy atom. The number of rotatable bonds is 3. The second-order valence-electron chi connectivity index (χ2n) is 4.03. The zero-order valence-electron chi connectivity index (χ0n) is 10.2. The van der Waals surface area contributed by atoms with Crippen LogP contribution in [0.1, 0.15) is 16.6 Å². The van der Waals surface area contributed by atoms with Gasteiger partial charge in [-0.25, -0.2) is 4.98 Å². The highest BCUT2D eigenvalue weighted by atomic mass is 35.5. The zero-order chi connectivity index (χ0) is 13.8. The van der Waals surface area contributed by atoms with Crippen LogP contribution in [0.15, 0.2) is 42.5 Å². The SMILES string of the molecule is Cc1nc(Cl)ccc1NC(=O)C(Cl)c1ccccc1. The molecule has 0 fully saturated rings. The number of pyridine rings is 1. The highest BCUT2D eigenvalue weighted by Gasteiger charge is 2.18. The number of carbonyl (C=O) groups is 1. The average molecular weight is 295 g/mol. The Morgan fingerprint density at radius 3 is 2.53 bits per heavy atom. The molecule has 1 N–H and O–H groups in total. The average Bonchev–Trinajstić information content (AvgIpc) is 2.42. The number of hydrogen-bond acceptors (Lipinski definition) is 2. The molecule has 1 aromatic carbocycles. The third kappa shape index (κ3) is 3.46. The lowest BCUT2D eigenvalue weighted by molar-refractivity contribution is -0.116. The lowest BCUT2D eigenvalue weighted by atomic mass is 10.1. The lowest BCUT2D eigenvalue weighted by Crippen LogP contribution is -2.18. The summed E-state index contributed by atoms with van der Waals surface area (Å²) in [5.41, 5.74) is 2.01. The number of carbonyl (C=O) groups excluding carboxylic acids is 1. The summed E-state index contributed by atoms with van der Waals surface area (Å²) >= 11 is 11.9. The monoisotopic (exact) mass is 294 g/mol. The molecule has 1 heterocycles. The largest absolute Gasteiger partial charge is 0.323 e. The Hall–Kier alpha value is -1.58. The lowest BCUT2D eigenvalue weighted by Gasteiger charge is -2.12. The van der Waals surface area contributed by atoms with Crippen LogP contribution in [-0.2, 0) is 4.79 Å². The molecule has 0 aliphatic heterocycles. The van der Waals surface area contributed by atoms with Gasteiger partial charge in [-0.3, -0.25) is 4.79 Å². The maximum absolute atomic E-state index is 12.0. The predicted octanol–water partition coefficient (Wildman–Crippen LogP) is 3.96. The number of nitrogens with one attached hydrogen (secondary N) is 1. The summed E-state index contributed by atoms with van der Waals surface area (Å²) in [4.78, 5) is 16.1. The minimum absolute atomic E-state index is 0.292. The van der Waals surface area contributed by atoms with Crippen molar-refractivity contribution in [3.63, 3.8) is 0 Å². The third-order valence-corrected chi connectivity index (χ3v) is 3.29. The van der Waals surface area contributed by atoms with E-state index < -0.39 is 5.38 Å². The maximum Gasteiger partial charge on any atom is 0.247 e. The summed E-state index contributed by atoms with van der Waals surface area (Å²) in [7, 11) is 0. The van der Waals surface area contributed by atoms with Gasteiger partial charge in [0.25, 0.3) is 0 Å². The number of aromatic nitrogens is 1. The molecule has 3 nitrogen and oxygen atoms in total. The first-order valence-corrected chi connectivity index (χ1v) is 6.52. The number of hydrogen-bond donors (Lipinski definition) is 1. The van der Waals surface area contributed by atoms with Gasteiger partial charge in [0.05, 0.1) is 11.4 Å². The van der Waals surface area contributed by atoms with Crippen molar-refractivity contribution in [2.45, 2.75) is 12.3 Å². The van der Waals surface area contributed by atoms with Crippen molar-refractivity contribution in [1.29, 1.82) is 0 Å². The number of benzene rings is 1. The van der Waals surface area contributed by atoms with Gasteiger partial charge in [-0.15, -0.1) is 11.6 Å². The third-order valence-electron chi connectivity index (χ3n) is 2.63. The van der Waals surface area contributed by atoms with E-state index in [2.05, 4.69) is 10.3 Å². The van der Waals surface area contributed by atoms with Crippen molar-refractivity contribution in [2.75, 3.05) is 5.32 Å². The van der Waals surface area contributed by atoms with Crippen LogP contribution in [0.4, 0.5) is 5.69 Å². The number of amides is 1. The summed E-state index contributed by atoms with van der Waals surface area (Å²) in [5.74, 6) is -0.292. The van der Waals surface area contributed by atoms with Crippen molar-refractivity contribution < 1.29 is 4.79 Å². The molecule has 0 saturated heterocycles. The Balaban J connectivity index is 2.13. The Labute approximate surface area is 121 Å². The van der Waals surface area contributed by atoms with Gasteiger partial charge in [0.1, 0.15) is 10.5 Å². The summed E-state index contributed by atoms with van der Waals surface area (Å²) < 4.78 is 0. The van der Waals surface area contributed by atoms with Crippen LogP contribution >= 0.6 is 23.2 Å². The molecule has 5 heteroatoms. The van der Waals surface area contributed by atoms with E-state index in [0.29, 0.717) is 16.5 Å². The van der Waals surface area contributed by atoms with Gasteiger partial charge in [0.15, 0.2) is 0 Å². The molecule has 2 aromatic rings. The fourth-order valence-corrected chi connectivity index (χ4v) is 2.02. The second kappa shape index (κ2) is 6.04. The van der Waals surface area contributed by atoms with Gasteiger partial charge in [0.2, 0.25) is 5.91 Å². The van der Waals surface area contributed by atoms with Crippen molar-refractivity contribution in [3.8, 4) is 0 Å². The van der Waals surface area contributed by atoms with E-state index in [1.165, 1.54) is 0 Å². The fraction of sp³-hybridized carbons (Fsp3) is 0.143. The summed E-state index contributed by atoms with van der Waals surface area (Å²) in [5, 5.41) is 2.39. The van der Waals surface area contributed by atoms with Crippen molar-refractivity contribution in [2.24, 2.45) is 0 Å². The molecule has 2 rings (SSSR count). The highest BCUT2D eigenvalue weighted by molar-refractivity contribution is 6.32. The van der Waals surface area contributed by atoms with E-state index >= 15 is 0 Å². The first-order chi connectivity index (χ1) is 9.08. The van der Waals surface area contributed by atoms with Gasteiger partial charge >= 0.3 is 0 Å². The van der Waals surface area contributed by atoms with Crippen LogP contribution in [0.5, 0.6) is 0 Å². The minimum atomic E-state index is -0.740. The normalized spacial score (nSPS) is 11.9. The number of alkyl halides is 1. The van der Waals surface area contributed by atoms with Crippen molar-refractivity contribution in [1.82, 2.24) is 4.98 Å². The molecule has 0 aliphatic rings. The molecule has 0 saturated carbocycles. The van der Waals surface area contributed by atoms with Crippen LogP contribution in [0, 0.1) is 6.92 Å². The quantitative estimate of drug-likeness (QED) is 0.688. The molecule has 1 aromatic heterocycles. The van der Waals surface area contributed by atoms with E-state index in [1.54, 1.807) is 19.1 Å². The van der Waals surface area contributed by atoms with Crippen molar-refractivity contribution >= 4 is 34.8 Å². The van der Waals surface area contributed by atoms with Gasteiger partial charge in [-0.05, 0) is 24.6 Å². The molecular weight excluding hydrogens is 283 g/mol. The van der Waals surface area contributed by atoms with Crippen LogP contribution in [0.2, 0.25) is 5.15 Å². The highest BCUT2D eigenvalue weighted by Crippen LogP contribution is 2.23. The summed E-state index contributed by atoms with van der Waals surface area (Å²) in [6.07, 6.45) is 0. The topological polar surface area (TPSA) is 42.0 Å². The molecule has 0 radical (unpaired) electrons. The second-order valence-corrected chi connectivity index (χ2v) is 4.85. The number of nitrogens with zero attached hydrogens (tertiary/aromatic N) is 1. The van der Waals surface area contributed by atoms with E-state index in [0.717, 1.165) is 5.56 Å². The number of halogens is 2. The number of anilines is 1. The molecule has 0 bridgehead atoms. The first-order valence-electron chi connectivity index (χ1n) is 5.71. The van der Waals surface area contributed by atoms with E-state index in [1.807, 2.05) is 30.3 Å². The van der Waals surface area contributed by atoms with E-state index in [9.17, 15) is 4.79 Å². The standard InChI is InChI=1S/C14H12Cl2N2O/c1-9-11(7-8-12(15)17-9)18-14(19)13(16)10-5-3-2-4-6-10/h2-8,13H,1H3,(H,18,19). The Bertz CT molecular complexity index is 587. The van der Waals surface area contributed by atoms with Gasteiger partial charge in [-0.1, -0.05) is 41.9 Å². The Kier molecular flexibility index (Phi) is 4.40. The van der Waals surface area contributed by atoms with Gasteiger partial charge < -0.3 is 5.32 Å². The molecule has 19 heavy (non-hydrogen) atoms. The molecule has 1 atom stereocenters. The van der Waals surface area contributed by atoms with Crippen LogP contribution in [0.3, 0.4) is 0 Å². The van der Waals surface area contributed by atoms with Crippen LogP contribution < -0.4 is 5.32 Å².